The van der Waals surface area contributed by atoms with Crippen LogP contribution in [0.2, 0.25) is 0 Å². The Labute approximate surface area is 97.8 Å². The minimum Gasteiger partial charge on any atom is -0.493 e. The quantitative estimate of drug-likeness (QED) is 0.832. The van der Waals surface area contributed by atoms with Crippen LogP contribution in [-0.2, 0) is 0 Å². The second-order valence-corrected chi connectivity index (χ2v) is 4.16. The predicted molar refractivity (Wildman–Crippen MR) is 66.2 cm³/mol. The molecule has 0 aliphatic rings. The molecular formula is C13H21NO2. The van der Waals surface area contributed by atoms with E-state index in [1.165, 1.54) is 5.56 Å². The molecule has 1 atom stereocenters. The van der Waals surface area contributed by atoms with E-state index in [-0.39, 0.29) is 0 Å². The summed E-state index contributed by atoms with van der Waals surface area (Å²) < 4.78 is 10.5. The molecular weight excluding hydrogens is 202 g/mol. The summed E-state index contributed by atoms with van der Waals surface area (Å²) in [6, 6.07) is 6.77. The van der Waals surface area contributed by atoms with Crippen LogP contribution in [0, 0.1) is 0 Å². The summed E-state index contributed by atoms with van der Waals surface area (Å²) in [6.45, 7) is 6.41. The molecule has 3 heteroatoms. The summed E-state index contributed by atoms with van der Waals surface area (Å²) in [6.07, 6.45) is 0. The largest absolute Gasteiger partial charge is 0.493 e. The Kier molecular flexibility index (Phi) is 4.62. The highest BCUT2D eigenvalue weighted by molar-refractivity contribution is 5.43. The maximum absolute atomic E-state index is 5.28. The van der Waals surface area contributed by atoms with Gasteiger partial charge in [0.25, 0.3) is 0 Å². The number of hydrogen-bond acceptors (Lipinski definition) is 3. The van der Waals surface area contributed by atoms with Crippen molar-refractivity contribution in [2.45, 2.75) is 32.9 Å². The van der Waals surface area contributed by atoms with Gasteiger partial charge in [0, 0.05) is 12.1 Å². The van der Waals surface area contributed by atoms with E-state index in [0.717, 1.165) is 11.5 Å². The fourth-order valence-corrected chi connectivity index (χ4v) is 1.72. The van der Waals surface area contributed by atoms with E-state index in [1.54, 1.807) is 14.2 Å². The Balaban J connectivity index is 2.89. The maximum Gasteiger partial charge on any atom is 0.161 e. The van der Waals surface area contributed by atoms with Crippen LogP contribution in [0.5, 0.6) is 11.5 Å². The first-order chi connectivity index (χ1) is 7.58. The van der Waals surface area contributed by atoms with Crippen LogP contribution in [0.3, 0.4) is 0 Å². The zero-order chi connectivity index (χ0) is 12.1. The van der Waals surface area contributed by atoms with E-state index < -0.39 is 0 Å². The molecule has 0 aliphatic carbocycles. The van der Waals surface area contributed by atoms with Crippen LogP contribution in [0.4, 0.5) is 0 Å². The zero-order valence-electron chi connectivity index (χ0n) is 10.7. The first kappa shape index (κ1) is 12.8. The van der Waals surface area contributed by atoms with Gasteiger partial charge in [-0.1, -0.05) is 19.9 Å². The number of nitrogens with one attached hydrogen (secondary N) is 1. The van der Waals surface area contributed by atoms with Crippen LogP contribution in [0.25, 0.3) is 0 Å². The van der Waals surface area contributed by atoms with E-state index in [9.17, 15) is 0 Å². The number of ether oxygens (including phenoxy) is 2. The molecule has 0 bridgehead atoms. The zero-order valence-corrected chi connectivity index (χ0v) is 10.7. The summed E-state index contributed by atoms with van der Waals surface area (Å²) in [7, 11) is 3.30. The van der Waals surface area contributed by atoms with Crippen molar-refractivity contribution in [1.82, 2.24) is 5.32 Å². The Morgan fingerprint density at radius 1 is 1.00 bits per heavy atom. The highest BCUT2D eigenvalue weighted by atomic mass is 16.5. The van der Waals surface area contributed by atoms with Crippen molar-refractivity contribution in [2.24, 2.45) is 0 Å². The molecule has 0 saturated heterocycles. The van der Waals surface area contributed by atoms with E-state index in [2.05, 4.69) is 32.2 Å². The van der Waals surface area contributed by atoms with Gasteiger partial charge in [-0.25, -0.2) is 0 Å². The molecule has 0 radical (unpaired) electrons. The molecule has 1 aromatic rings. The van der Waals surface area contributed by atoms with Crippen LogP contribution in [0.15, 0.2) is 18.2 Å². The molecule has 0 saturated carbocycles. The molecule has 0 fully saturated rings. The van der Waals surface area contributed by atoms with Gasteiger partial charge in [0.05, 0.1) is 14.2 Å². The first-order valence-electron chi connectivity index (χ1n) is 5.56. The standard InChI is InChI=1S/C13H21NO2/c1-9(2)14-10(3)11-6-7-12(15-4)13(8-11)16-5/h6-10,14H,1-5H3. The van der Waals surface area contributed by atoms with Gasteiger partial charge in [-0.2, -0.15) is 0 Å². The summed E-state index contributed by atoms with van der Waals surface area (Å²) in [5.74, 6) is 1.54. The Bertz CT molecular complexity index is 337. The van der Waals surface area contributed by atoms with Gasteiger partial charge in [-0.3, -0.25) is 0 Å². The molecule has 1 unspecified atom stereocenters. The summed E-state index contributed by atoms with van der Waals surface area (Å²) in [5.41, 5.74) is 1.20. The molecule has 1 N–H and O–H groups in total. The van der Waals surface area contributed by atoms with Gasteiger partial charge in [-0.05, 0) is 24.6 Å². The third kappa shape index (κ3) is 3.14. The topological polar surface area (TPSA) is 30.5 Å². The average molecular weight is 223 g/mol. The molecule has 0 amide bonds. The van der Waals surface area contributed by atoms with E-state index >= 15 is 0 Å². The van der Waals surface area contributed by atoms with E-state index in [4.69, 9.17) is 9.47 Å². The van der Waals surface area contributed by atoms with Gasteiger partial charge in [0.15, 0.2) is 11.5 Å². The van der Waals surface area contributed by atoms with Gasteiger partial charge < -0.3 is 14.8 Å². The number of methoxy groups -OCH3 is 2. The van der Waals surface area contributed by atoms with Gasteiger partial charge >= 0.3 is 0 Å². The highest BCUT2D eigenvalue weighted by Crippen LogP contribution is 2.29. The van der Waals surface area contributed by atoms with Gasteiger partial charge in [-0.15, -0.1) is 0 Å². The molecule has 3 nitrogen and oxygen atoms in total. The van der Waals surface area contributed by atoms with Crippen molar-refractivity contribution in [3.8, 4) is 11.5 Å². The van der Waals surface area contributed by atoms with Crippen molar-refractivity contribution in [3.05, 3.63) is 23.8 Å². The van der Waals surface area contributed by atoms with Crippen molar-refractivity contribution in [2.75, 3.05) is 14.2 Å². The second kappa shape index (κ2) is 5.75. The van der Waals surface area contributed by atoms with Crippen LogP contribution in [0.1, 0.15) is 32.4 Å². The minimum absolute atomic E-state index is 0.305. The lowest BCUT2D eigenvalue weighted by atomic mass is 10.1. The monoisotopic (exact) mass is 223 g/mol. The predicted octanol–water partition coefficient (Wildman–Crippen LogP) is 2.76. The molecule has 0 aromatic heterocycles. The summed E-state index contributed by atoms with van der Waals surface area (Å²) in [4.78, 5) is 0. The molecule has 1 rings (SSSR count). The van der Waals surface area contributed by atoms with E-state index in [1.807, 2.05) is 12.1 Å². The number of benzene rings is 1. The Hall–Kier alpha value is -1.22. The van der Waals surface area contributed by atoms with Crippen LogP contribution >= 0.6 is 0 Å². The second-order valence-electron chi connectivity index (χ2n) is 4.16. The SMILES string of the molecule is COc1ccc(C(C)NC(C)C)cc1OC. The molecule has 0 spiro atoms. The third-order valence-corrected chi connectivity index (χ3v) is 2.49. The Morgan fingerprint density at radius 2 is 1.62 bits per heavy atom. The molecule has 0 heterocycles. The smallest absolute Gasteiger partial charge is 0.161 e. The molecule has 0 aliphatic heterocycles. The lowest BCUT2D eigenvalue weighted by molar-refractivity contribution is 0.353. The third-order valence-electron chi connectivity index (χ3n) is 2.49. The lowest BCUT2D eigenvalue weighted by Gasteiger charge is -2.18. The minimum atomic E-state index is 0.305. The Morgan fingerprint density at radius 3 is 2.12 bits per heavy atom. The van der Waals surface area contributed by atoms with E-state index in [0.29, 0.717) is 12.1 Å². The summed E-state index contributed by atoms with van der Waals surface area (Å²) >= 11 is 0. The maximum atomic E-state index is 5.28. The number of rotatable bonds is 5. The number of hydrogen-bond donors (Lipinski definition) is 1. The summed E-state index contributed by atoms with van der Waals surface area (Å²) in [5, 5.41) is 3.45. The molecule has 16 heavy (non-hydrogen) atoms. The fraction of sp³-hybridized carbons (Fsp3) is 0.538. The van der Waals surface area contributed by atoms with Crippen molar-refractivity contribution >= 4 is 0 Å². The lowest BCUT2D eigenvalue weighted by Crippen LogP contribution is -2.26. The first-order valence-corrected chi connectivity index (χ1v) is 5.56. The highest BCUT2D eigenvalue weighted by Gasteiger charge is 2.10. The van der Waals surface area contributed by atoms with Crippen LogP contribution < -0.4 is 14.8 Å². The van der Waals surface area contributed by atoms with Crippen molar-refractivity contribution in [1.29, 1.82) is 0 Å². The fourth-order valence-electron chi connectivity index (χ4n) is 1.72. The van der Waals surface area contributed by atoms with Crippen molar-refractivity contribution in [3.63, 3.8) is 0 Å². The van der Waals surface area contributed by atoms with Crippen molar-refractivity contribution < 1.29 is 9.47 Å². The van der Waals surface area contributed by atoms with Crippen LogP contribution in [-0.4, -0.2) is 20.3 Å². The van der Waals surface area contributed by atoms with Gasteiger partial charge in [0.1, 0.15) is 0 Å². The molecule has 1 aromatic carbocycles. The normalized spacial score (nSPS) is 12.6. The molecule has 90 valence electrons. The average Bonchev–Trinajstić information content (AvgIpc) is 2.27. The van der Waals surface area contributed by atoms with Gasteiger partial charge in [0.2, 0.25) is 0 Å².